The molecule has 0 atom stereocenters. The smallest absolute Gasteiger partial charge is 0.258 e. The van der Waals surface area contributed by atoms with Crippen molar-refractivity contribution >= 4 is 44.7 Å². The molecule has 14 heavy (non-hydrogen) atoms. The van der Waals surface area contributed by atoms with E-state index in [1.807, 2.05) is 0 Å². The van der Waals surface area contributed by atoms with E-state index < -0.39 is 4.92 Å². The summed E-state index contributed by atoms with van der Waals surface area (Å²) in [5.74, 6) is 0. The van der Waals surface area contributed by atoms with E-state index in [9.17, 15) is 10.1 Å². The van der Waals surface area contributed by atoms with Gasteiger partial charge in [0.1, 0.15) is 0 Å². The van der Waals surface area contributed by atoms with E-state index >= 15 is 0 Å². The SMILES string of the molecule is Cc1cc(Br)c(N=C=S)cc1[N+](=O)[O-]. The molecule has 0 aliphatic carbocycles. The standard InChI is InChI=1S/C8H5BrN2O2S/c1-5-2-6(9)7(10-4-14)3-8(5)11(12)13/h2-3H,1H3. The molecule has 1 aromatic rings. The lowest BCUT2D eigenvalue weighted by molar-refractivity contribution is -0.385. The van der Waals surface area contributed by atoms with Crippen molar-refractivity contribution in [2.24, 2.45) is 4.99 Å². The van der Waals surface area contributed by atoms with Gasteiger partial charge in [-0.3, -0.25) is 10.1 Å². The molecule has 0 saturated heterocycles. The van der Waals surface area contributed by atoms with Gasteiger partial charge in [-0.2, -0.15) is 4.99 Å². The molecule has 0 spiro atoms. The fourth-order valence-electron chi connectivity index (χ4n) is 0.982. The summed E-state index contributed by atoms with van der Waals surface area (Å²) >= 11 is 7.66. The lowest BCUT2D eigenvalue weighted by Crippen LogP contribution is -1.91. The maximum Gasteiger partial charge on any atom is 0.274 e. The number of nitrogens with zero attached hydrogens (tertiary/aromatic N) is 2. The average molecular weight is 273 g/mol. The summed E-state index contributed by atoms with van der Waals surface area (Å²) in [6, 6.07) is 2.99. The van der Waals surface area contributed by atoms with Gasteiger partial charge in [-0.1, -0.05) is 0 Å². The van der Waals surface area contributed by atoms with Crippen LogP contribution in [0.3, 0.4) is 0 Å². The monoisotopic (exact) mass is 272 g/mol. The summed E-state index contributed by atoms with van der Waals surface area (Å²) in [6.45, 7) is 1.66. The van der Waals surface area contributed by atoms with Gasteiger partial charge in [0.05, 0.1) is 15.8 Å². The van der Waals surface area contributed by atoms with Crippen LogP contribution >= 0.6 is 28.1 Å². The van der Waals surface area contributed by atoms with Crippen molar-refractivity contribution < 1.29 is 4.92 Å². The molecule has 1 rings (SSSR count). The summed E-state index contributed by atoms with van der Waals surface area (Å²) in [4.78, 5) is 13.8. The summed E-state index contributed by atoms with van der Waals surface area (Å²) in [6.07, 6.45) is 0. The first kappa shape index (κ1) is 11.0. The van der Waals surface area contributed by atoms with E-state index in [1.165, 1.54) is 6.07 Å². The molecular weight excluding hydrogens is 268 g/mol. The third-order valence-electron chi connectivity index (χ3n) is 1.63. The van der Waals surface area contributed by atoms with Crippen LogP contribution in [0, 0.1) is 17.0 Å². The van der Waals surface area contributed by atoms with Crippen LogP contribution in [-0.4, -0.2) is 10.1 Å². The highest BCUT2D eigenvalue weighted by Crippen LogP contribution is 2.32. The van der Waals surface area contributed by atoms with Crippen molar-refractivity contribution in [3.63, 3.8) is 0 Å². The van der Waals surface area contributed by atoms with E-state index in [0.717, 1.165) is 0 Å². The highest BCUT2D eigenvalue weighted by atomic mass is 79.9. The van der Waals surface area contributed by atoms with Crippen LogP contribution in [0.1, 0.15) is 5.56 Å². The second-order valence-electron chi connectivity index (χ2n) is 2.55. The number of isothiocyanates is 1. The molecule has 0 bridgehead atoms. The molecule has 0 aromatic heterocycles. The number of nitro groups is 1. The molecule has 0 heterocycles. The van der Waals surface area contributed by atoms with E-state index in [4.69, 9.17) is 0 Å². The first-order valence-electron chi connectivity index (χ1n) is 3.58. The highest BCUT2D eigenvalue weighted by Gasteiger charge is 2.13. The van der Waals surface area contributed by atoms with Gasteiger partial charge in [0.2, 0.25) is 0 Å². The van der Waals surface area contributed by atoms with Gasteiger partial charge in [-0.25, -0.2) is 0 Å². The van der Waals surface area contributed by atoms with Crippen LogP contribution in [-0.2, 0) is 0 Å². The summed E-state index contributed by atoms with van der Waals surface area (Å²) in [5.41, 5.74) is 1.01. The third kappa shape index (κ3) is 2.23. The number of hydrogen-bond acceptors (Lipinski definition) is 4. The fourth-order valence-corrected chi connectivity index (χ4v) is 1.63. The minimum Gasteiger partial charge on any atom is -0.258 e. The van der Waals surface area contributed by atoms with E-state index in [1.54, 1.807) is 13.0 Å². The Kier molecular flexibility index (Phi) is 3.46. The number of aliphatic imine (C=N–C) groups is 1. The van der Waals surface area contributed by atoms with Crippen molar-refractivity contribution in [1.82, 2.24) is 0 Å². The number of benzene rings is 1. The molecule has 0 fully saturated rings. The average Bonchev–Trinajstić information content (AvgIpc) is 2.09. The maximum absolute atomic E-state index is 10.6. The lowest BCUT2D eigenvalue weighted by atomic mass is 10.2. The number of halogens is 1. The molecule has 4 nitrogen and oxygen atoms in total. The quantitative estimate of drug-likeness (QED) is 0.359. The Balaban J connectivity index is 3.41. The van der Waals surface area contributed by atoms with Crippen LogP contribution in [0.2, 0.25) is 0 Å². The van der Waals surface area contributed by atoms with Crippen LogP contribution in [0.15, 0.2) is 21.6 Å². The van der Waals surface area contributed by atoms with Crippen molar-refractivity contribution in [3.05, 3.63) is 32.3 Å². The normalized spacial score (nSPS) is 9.29. The molecule has 1 aromatic carbocycles. The van der Waals surface area contributed by atoms with Crippen LogP contribution in [0.4, 0.5) is 11.4 Å². The number of rotatable bonds is 2. The van der Waals surface area contributed by atoms with E-state index in [2.05, 4.69) is 38.3 Å². The maximum atomic E-state index is 10.6. The topological polar surface area (TPSA) is 55.5 Å². The zero-order valence-corrected chi connectivity index (χ0v) is 9.55. The largest absolute Gasteiger partial charge is 0.274 e. The summed E-state index contributed by atoms with van der Waals surface area (Å²) in [7, 11) is 0. The summed E-state index contributed by atoms with van der Waals surface area (Å²) in [5, 5.41) is 12.8. The van der Waals surface area contributed by atoms with Crippen molar-refractivity contribution in [3.8, 4) is 0 Å². The molecule has 0 amide bonds. The molecule has 0 aliphatic rings. The fraction of sp³-hybridized carbons (Fsp3) is 0.125. The molecule has 0 N–H and O–H groups in total. The molecular formula is C8H5BrN2O2S. The zero-order valence-electron chi connectivity index (χ0n) is 7.15. The summed E-state index contributed by atoms with van der Waals surface area (Å²) < 4.78 is 0.665. The predicted octanol–water partition coefficient (Wildman–Crippen LogP) is 3.40. The Bertz CT molecular complexity index is 418. The van der Waals surface area contributed by atoms with E-state index in [0.29, 0.717) is 15.7 Å². The Morgan fingerprint density at radius 1 is 1.64 bits per heavy atom. The second-order valence-corrected chi connectivity index (χ2v) is 3.59. The van der Waals surface area contributed by atoms with Crippen molar-refractivity contribution in [2.75, 3.05) is 0 Å². The number of aryl methyl sites for hydroxylation is 1. The minimum atomic E-state index is -0.454. The lowest BCUT2D eigenvalue weighted by Gasteiger charge is -2.00. The van der Waals surface area contributed by atoms with Crippen molar-refractivity contribution in [1.29, 1.82) is 0 Å². The van der Waals surface area contributed by atoms with Gasteiger partial charge in [-0.15, -0.1) is 0 Å². The van der Waals surface area contributed by atoms with Gasteiger partial charge in [0.15, 0.2) is 0 Å². The molecule has 6 heteroatoms. The molecule has 0 unspecified atom stereocenters. The number of thiocarbonyl (C=S) groups is 1. The van der Waals surface area contributed by atoms with Gasteiger partial charge in [0.25, 0.3) is 5.69 Å². The van der Waals surface area contributed by atoms with E-state index in [-0.39, 0.29) is 5.69 Å². The van der Waals surface area contributed by atoms with Gasteiger partial charge in [-0.05, 0) is 41.1 Å². The second kappa shape index (κ2) is 4.41. The van der Waals surface area contributed by atoms with Gasteiger partial charge >= 0.3 is 0 Å². The molecule has 0 saturated carbocycles. The minimum absolute atomic E-state index is 0.0252. The first-order chi connectivity index (χ1) is 6.56. The number of nitro benzene ring substituents is 1. The zero-order chi connectivity index (χ0) is 10.7. The van der Waals surface area contributed by atoms with Crippen LogP contribution in [0.5, 0.6) is 0 Å². The highest BCUT2D eigenvalue weighted by molar-refractivity contribution is 9.10. The Morgan fingerprint density at radius 2 is 2.29 bits per heavy atom. The molecule has 0 radical (unpaired) electrons. The Labute approximate surface area is 93.9 Å². The Morgan fingerprint density at radius 3 is 2.79 bits per heavy atom. The van der Waals surface area contributed by atoms with Crippen LogP contribution < -0.4 is 0 Å². The predicted molar refractivity (Wildman–Crippen MR) is 60.2 cm³/mol. The van der Waals surface area contributed by atoms with Crippen LogP contribution in [0.25, 0.3) is 0 Å². The van der Waals surface area contributed by atoms with Crippen molar-refractivity contribution in [2.45, 2.75) is 6.92 Å². The number of hydrogen-bond donors (Lipinski definition) is 0. The first-order valence-corrected chi connectivity index (χ1v) is 4.79. The third-order valence-corrected chi connectivity index (χ3v) is 2.35. The Hall–Kier alpha value is -1.10. The van der Waals surface area contributed by atoms with Gasteiger partial charge in [0, 0.05) is 16.1 Å². The molecule has 0 aliphatic heterocycles. The van der Waals surface area contributed by atoms with Gasteiger partial charge < -0.3 is 0 Å². The molecule has 72 valence electrons.